The maximum Gasteiger partial charge on any atom is 0.252 e. The minimum atomic E-state index is 0.436. The molecule has 0 fully saturated rings. The van der Waals surface area contributed by atoms with Gasteiger partial charge in [0.25, 0.3) is 5.95 Å². The molecule has 0 aliphatic heterocycles. The van der Waals surface area contributed by atoms with Crippen molar-refractivity contribution in [3.8, 4) is 5.69 Å². The van der Waals surface area contributed by atoms with Crippen molar-refractivity contribution in [3.63, 3.8) is 0 Å². The van der Waals surface area contributed by atoms with Crippen LogP contribution in [-0.4, -0.2) is 20.2 Å². The highest BCUT2D eigenvalue weighted by Crippen LogP contribution is 2.26. The zero-order chi connectivity index (χ0) is 13.9. The zero-order valence-electron chi connectivity index (χ0n) is 10.2. The summed E-state index contributed by atoms with van der Waals surface area (Å²) in [7, 11) is 0. The average molecular weight is 306 g/mol. The van der Waals surface area contributed by atoms with Crippen LogP contribution in [0.25, 0.3) is 5.69 Å². The van der Waals surface area contributed by atoms with Gasteiger partial charge in [-0.25, -0.2) is 0 Å². The molecule has 0 saturated heterocycles. The van der Waals surface area contributed by atoms with Crippen molar-refractivity contribution in [2.75, 3.05) is 5.32 Å². The Kier molecular flexibility index (Phi) is 3.54. The Morgan fingerprint density at radius 3 is 2.35 bits per heavy atom. The van der Waals surface area contributed by atoms with E-state index < -0.39 is 0 Å². The van der Waals surface area contributed by atoms with E-state index in [0.717, 1.165) is 5.69 Å². The minimum absolute atomic E-state index is 0.436. The molecule has 100 valence electrons. The summed E-state index contributed by atoms with van der Waals surface area (Å²) < 4.78 is 1.52. The van der Waals surface area contributed by atoms with Gasteiger partial charge < -0.3 is 5.32 Å². The largest absolute Gasteiger partial charge is 0.321 e. The number of anilines is 2. The minimum Gasteiger partial charge on any atom is -0.321 e. The molecule has 0 saturated carbocycles. The van der Waals surface area contributed by atoms with Crippen molar-refractivity contribution in [2.24, 2.45) is 0 Å². The first kappa shape index (κ1) is 12.9. The van der Waals surface area contributed by atoms with Gasteiger partial charge >= 0.3 is 0 Å². The van der Waals surface area contributed by atoms with Crippen molar-refractivity contribution in [2.45, 2.75) is 0 Å². The fraction of sp³-hybridized carbons (Fsp3) is 0. The molecule has 0 radical (unpaired) electrons. The lowest BCUT2D eigenvalue weighted by molar-refractivity contribution is 0.791. The first-order valence-electron chi connectivity index (χ1n) is 5.80. The number of aromatic nitrogens is 4. The van der Waals surface area contributed by atoms with E-state index in [-0.39, 0.29) is 0 Å². The molecule has 0 spiro atoms. The second kappa shape index (κ2) is 5.48. The van der Waals surface area contributed by atoms with Gasteiger partial charge in [-0.2, -0.15) is 4.68 Å². The number of rotatable bonds is 3. The normalized spacial score (nSPS) is 10.5. The van der Waals surface area contributed by atoms with Crippen LogP contribution in [0.4, 0.5) is 11.6 Å². The topological polar surface area (TPSA) is 55.6 Å². The van der Waals surface area contributed by atoms with E-state index in [9.17, 15) is 0 Å². The fourth-order valence-corrected chi connectivity index (χ4v) is 2.13. The predicted molar refractivity (Wildman–Crippen MR) is 78.9 cm³/mol. The number of hydrogen-bond donors (Lipinski definition) is 1. The van der Waals surface area contributed by atoms with E-state index in [1.165, 1.54) is 4.68 Å². The lowest BCUT2D eigenvalue weighted by Crippen LogP contribution is -2.04. The molecule has 0 aliphatic carbocycles. The van der Waals surface area contributed by atoms with Crippen LogP contribution in [0.2, 0.25) is 10.0 Å². The van der Waals surface area contributed by atoms with E-state index >= 15 is 0 Å². The van der Waals surface area contributed by atoms with Gasteiger partial charge in [-0.1, -0.05) is 52.6 Å². The Morgan fingerprint density at radius 2 is 1.60 bits per heavy atom. The molecule has 3 rings (SSSR count). The molecule has 7 heteroatoms. The number of tetrazole rings is 1. The number of nitrogens with zero attached hydrogens (tertiary/aromatic N) is 4. The van der Waals surface area contributed by atoms with Crippen LogP contribution in [0.1, 0.15) is 0 Å². The quantitative estimate of drug-likeness (QED) is 0.801. The predicted octanol–water partition coefficient (Wildman–Crippen LogP) is 3.71. The van der Waals surface area contributed by atoms with Gasteiger partial charge in [-0.3, -0.25) is 0 Å². The highest BCUT2D eigenvalue weighted by atomic mass is 35.5. The average Bonchev–Trinajstić information content (AvgIpc) is 2.90. The van der Waals surface area contributed by atoms with Crippen LogP contribution >= 0.6 is 23.2 Å². The molecular weight excluding hydrogens is 297 g/mol. The van der Waals surface area contributed by atoms with Crippen LogP contribution in [0.15, 0.2) is 48.5 Å². The molecule has 0 unspecified atom stereocenters. The van der Waals surface area contributed by atoms with Crippen LogP contribution in [0.3, 0.4) is 0 Å². The van der Waals surface area contributed by atoms with Gasteiger partial charge in [0.2, 0.25) is 0 Å². The van der Waals surface area contributed by atoms with Crippen LogP contribution in [-0.2, 0) is 0 Å². The van der Waals surface area contributed by atoms with Gasteiger partial charge in [-0.15, -0.1) is 0 Å². The monoisotopic (exact) mass is 305 g/mol. The molecule has 20 heavy (non-hydrogen) atoms. The maximum atomic E-state index is 6.15. The third kappa shape index (κ3) is 2.45. The van der Waals surface area contributed by atoms with Crippen molar-refractivity contribution >= 4 is 34.8 Å². The highest BCUT2D eigenvalue weighted by molar-refractivity contribution is 6.33. The van der Waals surface area contributed by atoms with Crippen LogP contribution in [0, 0.1) is 0 Å². The molecular formula is C13H9Cl2N5. The standard InChI is InChI=1S/C13H9Cl2N5/c14-9-5-1-3-7-11(9)16-13-17-18-19-20(13)12-8-4-2-6-10(12)15/h1-8H,(H,16,17,19). The summed E-state index contributed by atoms with van der Waals surface area (Å²) in [6.07, 6.45) is 0. The van der Waals surface area contributed by atoms with Crippen molar-refractivity contribution in [3.05, 3.63) is 58.6 Å². The van der Waals surface area contributed by atoms with Gasteiger partial charge in [0, 0.05) is 0 Å². The van der Waals surface area contributed by atoms with Crippen LogP contribution < -0.4 is 5.32 Å². The number of nitrogens with one attached hydrogen (secondary N) is 1. The summed E-state index contributed by atoms with van der Waals surface area (Å²) in [6, 6.07) is 14.7. The second-order valence-electron chi connectivity index (χ2n) is 3.97. The van der Waals surface area contributed by atoms with Gasteiger partial charge in [0.15, 0.2) is 0 Å². The molecule has 1 aromatic heterocycles. The molecule has 0 aliphatic rings. The molecule has 5 nitrogen and oxygen atoms in total. The lowest BCUT2D eigenvalue weighted by Gasteiger charge is -2.09. The first-order chi connectivity index (χ1) is 9.75. The van der Waals surface area contributed by atoms with Crippen LogP contribution in [0.5, 0.6) is 0 Å². The SMILES string of the molecule is Clc1ccccc1Nc1nnnn1-c1ccccc1Cl. The molecule has 0 amide bonds. The smallest absolute Gasteiger partial charge is 0.252 e. The van der Waals surface area contributed by atoms with Crippen molar-refractivity contribution in [1.82, 2.24) is 20.2 Å². The van der Waals surface area contributed by atoms with Gasteiger partial charge in [-0.05, 0) is 34.7 Å². The number of para-hydroxylation sites is 2. The summed E-state index contributed by atoms with van der Waals surface area (Å²) in [6.45, 7) is 0. The second-order valence-corrected chi connectivity index (χ2v) is 4.78. The van der Waals surface area contributed by atoms with E-state index in [2.05, 4.69) is 20.8 Å². The molecule has 1 N–H and O–H groups in total. The first-order valence-corrected chi connectivity index (χ1v) is 6.56. The Balaban J connectivity index is 2.00. The summed E-state index contributed by atoms with van der Waals surface area (Å²) in [4.78, 5) is 0. The number of hydrogen-bond acceptors (Lipinski definition) is 4. The van der Waals surface area contributed by atoms with E-state index in [1.54, 1.807) is 12.1 Å². The number of halogens is 2. The van der Waals surface area contributed by atoms with E-state index in [0.29, 0.717) is 21.7 Å². The zero-order valence-corrected chi connectivity index (χ0v) is 11.7. The summed E-state index contributed by atoms with van der Waals surface area (Å²) in [5, 5.41) is 15.8. The summed E-state index contributed by atoms with van der Waals surface area (Å²) >= 11 is 12.3. The Hall–Kier alpha value is -2.11. The third-order valence-electron chi connectivity index (χ3n) is 2.67. The van der Waals surface area contributed by atoms with Gasteiger partial charge in [0.1, 0.15) is 0 Å². The Bertz CT molecular complexity index is 741. The highest BCUT2D eigenvalue weighted by Gasteiger charge is 2.12. The fourth-order valence-electron chi connectivity index (χ4n) is 1.73. The van der Waals surface area contributed by atoms with Gasteiger partial charge in [0.05, 0.1) is 21.4 Å². The molecule has 0 bridgehead atoms. The summed E-state index contributed by atoms with van der Waals surface area (Å²) in [5.41, 5.74) is 1.41. The Morgan fingerprint density at radius 1 is 0.900 bits per heavy atom. The van der Waals surface area contributed by atoms with Crippen molar-refractivity contribution in [1.29, 1.82) is 0 Å². The Labute approximate surface area is 125 Å². The van der Waals surface area contributed by atoms with E-state index in [1.807, 2.05) is 36.4 Å². The molecule has 1 heterocycles. The third-order valence-corrected chi connectivity index (χ3v) is 3.32. The molecule has 2 aromatic carbocycles. The lowest BCUT2D eigenvalue weighted by atomic mass is 10.3. The van der Waals surface area contributed by atoms with E-state index in [4.69, 9.17) is 23.2 Å². The molecule has 0 atom stereocenters. The number of benzene rings is 2. The molecule has 3 aromatic rings. The summed E-state index contributed by atoms with van der Waals surface area (Å²) in [5.74, 6) is 0.436. The van der Waals surface area contributed by atoms with Crippen molar-refractivity contribution < 1.29 is 0 Å². The maximum absolute atomic E-state index is 6.15.